The molecule has 0 aromatic heterocycles. The van der Waals surface area contributed by atoms with Crippen molar-refractivity contribution >= 4 is 28.9 Å². The van der Waals surface area contributed by atoms with Gasteiger partial charge in [-0.25, -0.2) is 0 Å². The average molecular weight is 254 g/mol. The molecule has 1 saturated heterocycles. The van der Waals surface area contributed by atoms with Crippen molar-refractivity contribution in [2.75, 3.05) is 19.6 Å². The standard InChI is InChI=1S/C10H17Cl2NO2/c1-3-6-7(4-11)15-8(5-14-2)10(13)9(6)12/h6-9,13H,3-5H2,1-2H3. The highest BCUT2D eigenvalue weighted by atomic mass is 35.5. The van der Waals surface area contributed by atoms with Crippen LogP contribution in [0, 0.1) is 11.3 Å². The molecular formula is C10H17Cl2NO2. The molecule has 0 bridgehead atoms. The fourth-order valence-corrected chi connectivity index (χ4v) is 2.67. The van der Waals surface area contributed by atoms with Crippen molar-refractivity contribution in [1.29, 1.82) is 5.41 Å². The summed E-state index contributed by atoms with van der Waals surface area (Å²) in [6, 6.07) is 0. The smallest absolute Gasteiger partial charge is 0.120 e. The molecule has 0 aromatic carbocycles. The van der Waals surface area contributed by atoms with Crippen LogP contribution in [-0.4, -0.2) is 42.9 Å². The van der Waals surface area contributed by atoms with Crippen LogP contribution in [0.1, 0.15) is 13.3 Å². The van der Waals surface area contributed by atoms with Gasteiger partial charge >= 0.3 is 0 Å². The van der Waals surface area contributed by atoms with E-state index in [9.17, 15) is 0 Å². The highest BCUT2D eigenvalue weighted by Crippen LogP contribution is 2.30. The van der Waals surface area contributed by atoms with Crippen LogP contribution in [0.25, 0.3) is 0 Å². The second-order valence-electron chi connectivity index (χ2n) is 3.70. The molecule has 1 N–H and O–H groups in total. The normalized spacial score (nSPS) is 36.9. The third kappa shape index (κ3) is 2.84. The van der Waals surface area contributed by atoms with Crippen molar-refractivity contribution in [3.05, 3.63) is 0 Å². The van der Waals surface area contributed by atoms with E-state index < -0.39 is 0 Å². The molecule has 88 valence electrons. The lowest BCUT2D eigenvalue weighted by atomic mass is 9.88. The van der Waals surface area contributed by atoms with Crippen molar-refractivity contribution in [1.82, 2.24) is 0 Å². The Morgan fingerprint density at radius 2 is 2.20 bits per heavy atom. The Morgan fingerprint density at radius 3 is 2.67 bits per heavy atom. The molecule has 0 saturated carbocycles. The van der Waals surface area contributed by atoms with E-state index in [2.05, 4.69) is 0 Å². The summed E-state index contributed by atoms with van der Waals surface area (Å²) < 4.78 is 10.7. The number of alkyl halides is 2. The van der Waals surface area contributed by atoms with Gasteiger partial charge in [0.15, 0.2) is 0 Å². The second-order valence-corrected chi connectivity index (χ2v) is 4.48. The molecule has 5 heteroatoms. The van der Waals surface area contributed by atoms with Crippen molar-refractivity contribution in [2.24, 2.45) is 5.92 Å². The number of hydrogen-bond acceptors (Lipinski definition) is 3. The Hall–Kier alpha value is 0.170. The van der Waals surface area contributed by atoms with Gasteiger partial charge in [-0.05, 0) is 6.42 Å². The van der Waals surface area contributed by atoms with Crippen LogP contribution in [0.15, 0.2) is 0 Å². The Balaban J connectivity index is 2.73. The van der Waals surface area contributed by atoms with Gasteiger partial charge in [0, 0.05) is 18.9 Å². The Labute approximate surface area is 101 Å². The summed E-state index contributed by atoms with van der Waals surface area (Å²) in [4.78, 5) is 0. The first kappa shape index (κ1) is 13.2. The maximum Gasteiger partial charge on any atom is 0.120 e. The summed E-state index contributed by atoms with van der Waals surface area (Å²) >= 11 is 12.1. The highest BCUT2D eigenvalue weighted by Gasteiger charge is 2.40. The Kier molecular flexibility index (Phi) is 5.33. The van der Waals surface area contributed by atoms with Crippen LogP contribution in [0.5, 0.6) is 0 Å². The molecule has 0 amide bonds. The quantitative estimate of drug-likeness (QED) is 0.782. The van der Waals surface area contributed by atoms with Crippen LogP contribution in [-0.2, 0) is 9.47 Å². The summed E-state index contributed by atoms with van der Waals surface area (Å²) in [5.74, 6) is 0.541. The molecule has 1 heterocycles. The lowest BCUT2D eigenvalue weighted by Gasteiger charge is -2.38. The van der Waals surface area contributed by atoms with Gasteiger partial charge in [-0.2, -0.15) is 0 Å². The van der Waals surface area contributed by atoms with Gasteiger partial charge in [-0.3, -0.25) is 0 Å². The van der Waals surface area contributed by atoms with Gasteiger partial charge in [0.05, 0.1) is 23.8 Å². The molecule has 4 unspecified atom stereocenters. The lowest BCUT2D eigenvalue weighted by Crippen LogP contribution is -2.51. The molecule has 4 atom stereocenters. The summed E-state index contributed by atoms with van der Waals surface area (Å²) in [5, 5.41) is 7.59. The second kappa shape index (κ2) is 6.04. The van der Waals surface area contributed by atoms with Gasteiger partial charge in [-0.1, -0.05) is 6.92 Å². The van der Waals surface area contributed by atoms with E-state index in [1.54, 1.807) is 7.11 Å². The van der Waals surface area contributed by atoms with E-state index in [-0.39, 0.29) is 23.5 Å². The third-order valence-corrected chi connectivity index (χ3v) is 3.64. The molecule has 3 nitrogen and oxygen atoms in total. The number of hydrogen-bond donors (Lipinski definition) is 1. The molecule has 0 aliphatic carbocycles. The van der Waals surface area contributed by atoms with Crippen LogP contribution >= 0.6 is 23.2 Å². The summed E-state index contributed by atoms with van der Waals surface area (Å²) in [5.41, 5.74) is 0.409. The van der Waals surface area contributed by atoms with Crippen LogP contribution < -0.4 is 0 Å². The van der Waals surface area contributed by atoms with E-state index in [4.69, 9.17) is 38.1 Å². The number of ether oxygens (including phenoxy) is 2. The third-order valence-electron chi connectivity index (χ3n) is 2.78. The summed E-state index contributed by atoms with van der Waals surface area (Å²) in [7, 11) is 1.58. The molecule has 0 aromatic rings. The minimum Gasteiger partial charge on any atom is -0.382 e. The Morgan fingerprint density at radius 1 is 1.53 bits per heavy atom. The summed E-state index contributed by atoms with van der Waals surface area (Å²) in [6.45, 7) is 2.40. The number of rotatable bonds is 4. The molecule has 15 heavy (non-hydrogen) atoms. The maximum absolute atomic E-state index is 7.87. The van der Waals surface area contributed by atoms with Gasteiger partial charge in [0.1, 0.15) is 6.10 Å². The van der Waals surface area contributed by atoms with E-state index in [1.807, 2.05) is 6.92 Å². The minimum atomic E-state index is -0.343. The number of methoxy groups -OCH3 is 1. The predicted molar refractivity (Wildman–Crippen MR) is 62.4 cm³/mol. The van der Waals surface area contributed by atoms with E-state index in [0.717, 1.165) is 6.42 Å². The fourth-order valence-electron chi connectivity index (χ4n) is 1.88. The van der Waals surface area contributed by atoms with Crippen molar-refractivity contribution in [3.8, 4) is 0 Å². The number of halogens is 2. The lowest BCUT2D eigenvalue weighted by molar-refractivity contribution is -0.0447. The zero-order valence-electron chi connectivity index (χ0n) is 9.00. The molecule has 0 spiro atoms. The van der Waals surface area contributed by atoms with E-state index in [0.29, 0.717) is 18.2 Å². The van der Waals surface area contributed by atoms with E-state index >= 15 is 0 Å². The average Bonchev–Trinajstić information content (AvgIpc) is 2.24. The van der Waals surface area contributed by atoms with E-state index in [1.165, 1.54) is 0 Å². The molecule has 1 aliphatic heterocycles. The fraction of sp³-hybridized carbons (Fsp3) is 0.900. The van der Waals surface area contributed by atoms with Gasteiger partial charge in [-0.15, -0.1) is 23.2 Å². The number of nitrogens with one attached hydrogen (secondary N) is 1. The molecule has 1 rings (SSSR count). The Bertz CT molecular complexity index is 221. The first-order valence-electron chi connectivity index (χ1n) is 5.08. The van der Waals surface area contributed by atoms with Crippen LogP contribution in [0.2, 0.25) is 0 Å². The molecule has 0 radical (unpaired) electrons. The zero-order valence-corrected chi connectivity index (χ0v) is 10.5. The minimum absolute atomic E-state index is 0.0755. The maximum atomic E-state index is 7.87. The van der Waals surface area contributed by atoms with Crippen LogP contribution in [0.4, 0.5) is 0 Å². The molecular weight excluding hydrogens is 237 g/mol. The van der Waals surface area contributed by atoms with Gasteiger partial charge in [0.25, 0.3) is 0 Å². The topological polar surface area (TPSA) is 42.3 Å². The van der Waals surface area contributed by atoms with Crippen molar-refractivity contribution < 1.29 is 9.47 Å². The molecule has 1 aliphatic rings. The molecule has 1 fully saturated rings. The van der Waals surface area contributed by atoms with Gasteiger partial charge < -0.3 is 14.9 Å². The van der Waals surface area contributed by atoms with Crippen LogP contribution in [0.3, 0.4) is 0 Å². The predicted octanol–water partition coefficient (Wildman–Crippen LogP) is 2.29. The van der Waals surface area contributed by atoms with Gasteiger partial charge in [0.2, 0.25) is 0 Å². The van der Waals surface area contributed by atoms with Crippen molar-refractivity contribution in [3.63, 3.8) is 0 Å². The van der Waals surface area contributed by atoms with Crippen molar-refractivity contribution in [2.45, 2.75) is 30.9 Å². The highest BCUT2D eigenvalue weighted by molar-refractivity contribution is 6.32. The largest absolute Gasteiger partial charge is 0.382 e. The first-order valence-corrected chi connectivity index (χ1v) is 6.05. The summed E-state index contributed by atoms with van der Waals surface area (Å²) in [6.07, 6.45) is 0.450. The SMILES string of the molecule is CCC1C(CCl)OC(COC)C(=N)C1Cl. The first-order chi connectivity index (χ1) is 7.15. The monoisotopic (exact) mass is 253 g/mol. The zero-order chi connectivity index (χ0) is 11.4.